The predicted octanol–water partition coefficient (Wildman–Crippen LogP) is 3.48. The smallest absolute Gasteiger partial charge is 0.165 e. The zero-order valence-corrected chi connectivity index (χ0v) is 9.87. The molecule has 2 nitrogen and oxygen atoms in total. The van der Waals surface area contributed by atoms with Gasteiger partial charge < -0.3 is 4.74 Å². The molecule has 0 saturated carbocycles. The van der Waals surface area contributed by atoms with E-state index in [0.29, 0.717) is 17.0 Å². The molecule has 1 aliphatic heterocycles. The van der Waals surface area contributed by atoms with E-state index in [-0.39, 0.29) is 11.9 Å². The first-order chi connectivity index (χ1) is 7.75. The van der Waals surface area contributed by atoms with Crippen LogP contribution >= 0.6 is 11.6 Å². The summed E-state index contributed by atoms with van der Waals surface area (Å²) in [6.45, 7) is 0.785. The van der Waals surface area contributed by atoms with Crippen molar-refractivity contribution in [3.63, 3.8) is 0 Å². The Labute approximate surface area is 101 Å². The lowest BCUT2D eigenvalue weighted by atomic mass is 10.0. The summed E-state index contributed by atoms with van der Waals surface area (Å²) in [5, 5.41) is 0.607. The van der Waals surface area contributed by atoms with Crippen molar-refractivity contribution in [2.75, 3.05) is 6.61 Å². The number of carbonyl (C=O) groups excluding carboxylic acids is 1. The van der Waals surface area contributed by atoms with Crippen LogP contribution in [0.15, 0.2) is 24.3 Å². The molecule has 2 rings (SSSR count). The van der Waals surface area contributed by atoms with Gasteiger partial charge in [0.05, 0.1) is 6.10 Å². The fourth-order valence-electron chi connectivity index (χ4n) is 1.95. The van der Waals surface area contributed by atoms with E-state index in [1.807, 2.05) is 0 Å². The third-order valence-corrected chi connectivity index (χ3v) is 3.07. The Balaban J connectivity index is 1.97. The predicted molar refractivity (Wildman–Crippen MR) is 64.0 cm³/mol. The molecule has 1 heterocycles. The highest BCUT2D eigenvalue weighted by atomic mass is 35.5. The average Bonchev–Trinajstić information content (AvgIpc) is 2.30. The molecule has 3 heteroatoms. The molecule has 1 fully saturated rings. The fraction of sp³-hybridized carbons (Fsp3) is 0.462. The van der Waals surface area contributed by atoms with Crippen LogP contribution in [0.2, 0.25) is 5.02 Å². The number of rotatable bonds is 3. The lowest BCUT2D eigenvalue weighted by molar-refractivity contribution is 0.0129. The molecule has 16 heavy (non-hydrogen) atoms. The van der Waals surface area contributed by atoms with E-state index in [0.717, 1.165) is 25.9 Å². The van der Waals surface area contributed by atoms with Crippen LogP contribution in [0.3, 0.4) is 0 Å². The summed E-state index contributed by atoms with van der Waals surface area (Å²) in [4.78, 5) is 11.9. The van der Waals surface area contributed by atoms with Crippen molar-refractivity contribution in [1.29, 1.82) is 0 Å². The number of ether oxygens (including phenoxy) is 1. The molecule has 0 bridgehead atoms. The molecule has 0 spiro atoms. The number of hydrogen-bond acceptors (Lipinski definition) is 2. The molecule has 0 amide bonds. The van der Waals surface area contributed by atoms with Crippen molar-refractivity contribution in [2.24, 2.45) is 0 Å². The van der Waals surface area contributed by atoms with Crippen molar-refractivity contribution in [3.05, 3.63) is 34.9 Å². The van der Waals surface area contributed by atoms with Gasteiger partial charge in [-0.1, -0.05) is 23.7 Å². The Hall–Kier alpha value is -0.860. The molecular weight excluding hydrogens is 224 g/mol. The monoisotopic (exact) mass is 238 g/mol. The van der Waals surface area contributed by atoms with E-state index >= 15 is 0 Å². The zero-order valence-electron chi connectivity index (χ0n) is 9.12. The van der Waals surface area contributed by atoms with Crippen LogP contribution in [-0.4, -0.2) is 18.5 Å². The highest BCUT2D eigenvalue weighted by molar-refractivity contribution is 6.31. The van der Waals surface area contributed by atoms with E-state index < -0.39 is 0 Å². The summed E-state index contributed by atoms with van der Waals surface area (Å²) < 4.78 is 5.55. The van der Waals surface area contributed by atoms with Crippen LogP contribution in [0.25, 0.3) is 0 Å². The molecule has 0 N–H and O–H groups in total. The van der Waals surface area contributed by atoms with Gasteiger partial charge in [0.15, 0.2) is 5.78 Å². The van der Waals surface area contributed by atoms with Crippen LogP contribution in [0.1, 0.15) is 36.0 Å². The molecule has 0 radical (unpaired) electrons. The first-order valence-corrected chi connectivity index (χ1v) is 6.04. The number of Topliss-reactive ketones (excluding diaryl/α,β-unsaturated/α-hetero) is 1. The highest BCUT2D eigenvalue weighted by Gasteiger charge is 2.18. The van der Waals surface area contributed by atoms with Gasteiger partial charge in [-0.25, -0.2) is 0 Å². The van der Waals surface area contributed by atoms with Gasteiger partial charge in [0, 0.05) is 23.6 Å². The van der Waals surface area contributed by atoms with Crippen LogP contribution in [0.5, 0.6) is 0 Å². The quantitative estimate of drug-likeness (QED) is 0.754. The van der Waals surface area contributed by atoms with Gasteiger partial charge in [-0.05, 0) is 31.4 Å². The summed E-state index contributed by atoms with van der Waals surface area (Å²) in [5.74, 6) is 0.120. The second-order valence-corrected chi connectivity index (χ2v) is 4.56. The SMILES string of the molecule is O=C(CC1CCCCO1)c1cccc(Cl)c1. The molecule has 0 aliphatic carbocycles. The van der Waals surface area contributed by atoms with Crippen molar-refractivity contribution < 1.29 is 9.53 Å². The Kier molecular flexibility index (Phi) is 3.97. The molecule has 1 atom stereocenters. The van der Waals surface area contributed by atoms with Crippen LogP contribution < -0.4 is 0 Å². The van der Waals surface area contributed by atoms with Crippen molar-refractivity contribution >= 4 is 17.4 Å². The first-order valence-electron chi connectivity index (χ1n) is 5.66. The summed E-state index contributed by atoms with van der Waals surface area (Å²) in [7, 11) is 0. The van der Waals surface area contributed by atoms with Gasteiger partial charge in [0.25, 0.3) is 0 Å². The molecule has 1 saturated heterocycles. The van der Waals surface area contributed by atoms with Gasteiger partial charge in [-0.3, -0.25) is 4.79 Å². The third-order valence-electron chi connectivity index (χ3n) is 2.83. The molecular formula is C13H15ClO2. The maximum atomic E-state index is 11.9. The van der Waals surface area contributed by atoms with Gasteiger partial charge in [-0.15, -0.1) is 0 Å². The summed E-state index contributed by atoms with van der Waals surface area (Å²) in [6.07, 6.45) is 3.84. The average molecular weight is 239 g/mol. The van der Waals surface area contributed by atoms with E-state index in [2.05, 4.69) is 0 Å². The summed E-state index contributed by atoms with van der Waals surface area (Å²) >= 11 is 5.85. The minimum atomic E-state index is 0.0974. The van der Waals surface area contributed by atoms with E-state index in [4.69, 9.17) is 16.3 Å². The fourth-order valence-corrected chi connectivity index (χ4v) is 2.15. The number of halogens is 1. The second kappa shape index (κ2) is 5.46. The van der Waals surface area contributed by atoms with E-state index in [9.17, 15) is 4.79 Å². The Morgan fingerprint density at radius 2 is 2.31 bits per heavy atom. The Bertz CT molecular complexity index is 370. The maximum absolute atomic E-state index is 11.9. The standard InChI is InChI=1S/C13H15ClO2/c14-11-5-3-4-10(8-11)13(15)9-12-6-1-2-7-16-12/h3-5,8,12H,1-2,6-7,9H2. The van der Waals surface area contributed by atoms with E-state index in [1.165, 1.54) is 0 Å². The zero-order chi connectivity index (χ0) is 11.4. The molecule has 86 valence electrons. The van der Waals surface area contributed by atoms with Crippen molar-refractivity contribution in [2.45, 2.75) is 31.8 Å². The lowest BCUT2D eigenvalue weighted by Crippen LogP contribution is -2.22. The molecule has 1 unspecified atom stereocenters. The van der Waals surface area contributed by atoms with Crippen molar-refractivity contribution in [3.8, 4) is 0 Å². The van der Waals surface area contributed by atoms with Crippen molar-refractivity contribution in [1.82, 2.24) is 0 Å². The number of benzene rings is 1. The highest BCUT2D eigenvalue weighted by Crippen LogP contribution is 2.19. The third kappa shape index (κ3) is 3.06. The number of hydrogen-bond donors (Lipinski definition) is 0. The lowest BCUT2D eigenvalue weighted by Gasteiger charge is -2.21. The van der Waals surface area contributed by atoms with E-state index in [1.54, 1.807) is 24.3 Å². The number of carbonyl (C=O) groups is 1. The Morgan fingerprint density at radius 3 is 3.00 bits per heavy atom. The van der Waals surface area contributed by atoms with Crippen LogP contribution in [-0.2, 0) is 4.74 Å². The van der Waals surface area contributed by atoms with Gasteiger partial charge in [0.1, 0.15) is 0 Å². The molecule has 1 aliphatic rings. The molecule has 1 aromatic carbocycles. The normalized spacial score (nSPS) is 20.7. The first kappa shape index (κ1) is 11.6. The number of ketones is 1. The Morgan fingerprint density at radius 1 is 1.44 bits per heavy atom. The van der Waals surface area contributed by atoms with Gasteiger partial charge in [-0.2, -0.15) is 0 Å². The van der Waals surface area contributed by atoms with Gasteiger partial charge in [0.2, 0.25) is 0 Å². The minimum Gasteiger partial charge on any atom is -0.378 e. The molecule has 1 aromatic rings. The topological polar surface area (TPSA) is 26.3 Å². The van der Waals surface area contributed by atoms with Crippen LogP contribution in [0.4, 0.5) is 0 Å². The summed E-state index contributed by atoms with van der Waals surface area (Å²) in [6, 6.07) is 7.09. The largest absolute Gasteiger partial charge is 0.378 e. The van der Waals surface area contributed by atoms with Gasteiger partial charge >= 0.3 is 0 Å². The minimum absolute atomic E-state index is 0.0974. The second-order valence-electron chi connectivity index (χ2n) is 4.13. The maximum Gasteiger partial charge on any atom is 0.165 e. The summed E-state index contributed by atoms with van der Waals surface area (Å²) in [5.41, 5.74) is 0.682. The van der Waals surface area contributed by atoms with Crippen LogP contribution in [0, 0.1) is 0 Å². The molecule has 0 aromatic heterocycles.